The minimum absolute atomic E-state index is 0.0271. The molecule has 0 bridgehead atoms. The van der Waals surface area contributed by atoms with Gasteiger partial charge in [-0.1, -0.05) is 57.9 Å². The number of hydrogen-bond acceptors (Lipinski definition) is 7. The van der Waals surface area contributed by atoms with Crippen LogP contribution in [0.2, 0.25) is 5.02 Å². The number of anilines is 2. The predicted molar refractivity (Wildman–Crippen MR) is 148 cm³/mol. The van der Waals surface area contributed by atoms with Gasteiger partial charge in [0.05, 0.1) is 29.9 Å². The Balaban J connectivity index is 1.51. The summed E-state index contributed by atoms with van der Waals surface area (Å²) >= 11 is 9.71. The highest BCUT2D eigenvalue weighted by molar-refractivity contribution is 9.10. The molecule has 3 heterocycles. The number of amides is 2. The Morgan fingerprint density at radius 1 is 1.00 bits per heavy atom. The third kappa shape index (κ3) is 3.85. The van der Waals surface area contributed by atoms with Crippen LogP contribution in [0.5, 0.6) is 5.75 Å². The lowest BCUT2D eigenvalue weighted by Crippen LogP contribution is -2.48. The van der Waals surface area contributed by atoms with Gasteiger partial charge in [-0.2, -0.15) is 0 Å². The maximum atomic E-state index is 14.1. The third-order valence-electron chi connectivity index (χ3n) is 7.48. The Kier molecular flexibility index (Phi) is 6.04. The number of nitro benzene ring substituents is 1. The molecular formula is C28H19BrClN3O6. The van der Waals surface area contributed by atoms with E-state index in [-0.39, 0.29) is 22.9 Å². The zero-order chi connectivity index (χ0) is 27.6. The van der Waals surface area contributed by atoms with Crippen molar-refractivity contribution in [2.75, 3.05) is 16.9 Å². The minimum Gasteiger partial charge on any atom is -0.495 e. The highest BCUT2D eigenvalue weighted by atomic mass is 79.9. The summed E-state index contributed by atoms with van der Waals surface area (Å²) in [5, 5.41) is 11.9. The monoisotopic (exact) mass is 607 g/mol. The average Bonchev–Trinajstić information content (AvgIpc) is 3.40. The molecule has 6 rings (SSSR count). The van der Waals surface area contributed by atoms with Gasteiger partial charge in [-0.3, -0.25) is 24.5 Å². The molecule has 11 heteroatoms. The van der Waals surface area contributed by atoms with Gasteiger partial charge in [0.2, 0.25) is 11.8 Å². The molecule has 0 aliphatic carbocycles. The Morgan fingerprint density at radius 2 is 1.72 bits per heavy atom. The van der Waals surface area contributed by atoms with Gasteiger partial charge in [-0.25, -0.2) is 4.90 Å². The summed E-state index contributed by atoms with van der Waals surface area (Å²) in [7, 11) is 1.35. The molecule has 9 nitrogen and oxygen atoms in total. The second-order valence-electron chi connectivity index (χ2n) is 9.45. The number of ether oxygens (including phenoxy) is 1. The smallest absolute Gasteiger partial charge is 0.271 e. The van der Waals surface area contributed by atoms with E-state index in [0.29, 0.717) is 16.3 Å². The molecule has 3 aliphatic rings. The van der Waals surface area contributed by atoms with Crippen LogP contribution in [0.25, 0.3) is 6.08 Å². The Hall–Kier alpha value is -4.02. The van der Waals surface area contributed by atoms with Crippen molar-refractivity contribution in [2.45, 2.75) is 12.1 Å². The first-order chi connectivity index (χ1) is 18.7. The highest BCUT2D eigenvalue weighted by Gasteiger charge is 2.64. The van der Waals surface area contributed by atoms with Crippen molar-refractivity contribution < 1.29 is 24.0 Å². The maximum Gasteiger partial charge on any atom is 0.271 e. The maximum absolute atomic E-state index is 14.1. The fraction of sp³-hybridized carbons (Fsp3) is 0.179. The van der Waals surface area contributed by atoms with Gasteiger partial charge in [-0.05, 0) is 35.9 Å². The Morgan fingerprint density at radius 3 is 2.41 bits per heavy atom. The van der Waals surface area contributed by atoms with E-state index < -0.39 is 40.7 Å². The summed E-state index contributed by atoms with van der Waals surface area (Å²) in [6.45, 7) is 0. The zero-order valence-electron chi connectivity index (χ0n) is 20.3. The molecule has 2 amide bonds. The molecule has 3 aromatic rings. The molecule has 0 spiro atoms. The van der Waals surface area contributed by atoms with Crippen LogP contribution in [0.15, 0.2) is 71.2 Å². The van der Waals surface area contributed by atoms with Crippen molar-refractivity contribution >= 4 is 68.3 Å². The second-order valence-corrected chi connectivity index (χ2v) is 10.8. The summed E-state index contributed by atoms with van der Waals surface area (Å²) < 4.78 is 6.14. The number of Topliss-reactive ketones (excluding diaryl/α,β-unsaturated/α-hetero) is 1. The molecule has 0 unspecified atom stereocenters. The predicted octanol–water partition coefficient (Wildman–Crippen LogP) is 5.29. The number of halogens is 2. The van der Waals surface area contributed by atoms with E-state index in [1.807, 2.05) is 23.1 Å². The second kappa shape index (κ2) is 9.32. The number of carbonyl (C=O) groups is 3. The Bertz CT molecular complexity index is 1610. The number of methoxy groups -OCH3 is 1. The number of nitrogens with zero attached hydrogens (tertiary/aromatic N) is 3. The molecule has 2 fully saturated rings. The van der Waals surface area contributed by atoms with Crippen LogP contribution in [0.3, 0.4) is 0 Å². The van der Waals surface area contributed by atoms with Gasteiger partial charge in [0.25, 0.3) is 5.69 Å². The lowest BCUT2D eigenvalue weighted by Gasteiger charge is -2.36. The summed E-state index contributed by atoms with van der Waals surface area (Å²) in [5.41, 5.74) is 1.52. The van der Waals surface area contributed by atoms with Crippen LogP contribution < -0.4 is 14.5 Å². The quantitative estimate of drug-likeness (QED) is 0.168. The van der Waals surface area contributed by atoms with Crippen molar-refractivity contribution in [3.63, 3.8) is 0 Å². The van der Waals surface area contributed by atoms with E-state index in [1.165, 1.54) is 19.2 Å². The topological polar surface area (TPSA) is 110 Å². The third-order valence-corrected chi connectivity index (χ3v) is 8.25. The van der Waals surface area contributed by atoms with E-state index in [4.69, 9.17) is 16.3 Å². The van der Waals surface area contributed by atoms with E-state index >= 15 is 0 Å². The van der Waals surface area contributed by atoms with E-state index in [1.54, 1.807) is 36.4 Å². The van der Waals surface area contributed by atoms with E-state index in [0.717, 1.165) is 21.0 Å². The van der Waals surface area contributed by atoms with Crippen LogP contribution in [-0.4, -0.2) is 41.7 Å². The number of hydrogen-bond donors (Lipinski definition) is 0. The van der Waals surface area contributed by atoms with Gasteiger partial charge < -0.3 is 9.64 Å². The standard InChI is InChI=1S/C28H19BrClN3O6/c1-39-22-11-9-18(33(37)38)13-21(22)32-27(35)23-19-10-5-14-4-8-17(30)12-20(14)31(19)25(24(23)28(32)36)26(34)15-2-6-16(29)7-3-15/h2-13,19,23-25H,1H3/t19-,23-,24-,25+/m0/s1. The summed E-state index contributed by atoms with van der Waals surface area (Å²) in [4.78, 5) is 55.8. The van der Waals surface area contributed by atoms with E-state index in [2.05, 4.69) is 15.9 Å². The van der Waals surface area contributed by atoms with Crippen molar-refractivity contribution in [3.05, 3.63) is 97.5 Å². The molecule has 3 aromatic carbocycles. The van der Waals surface area contributed by atoms with Crippen molar-refractivity contribution in [2.24, 2.45) is 11.8 Å². The molecule has 2 saturated heterocycles. The van der Waals surface area contributed by atoms with Crippen LogP contribution in [0.1, 0.15) is 15.9 Å². The fourth-order valence-electron chi connectivity index (χ4n) is 5.82. The first-order valence-electron chi connectivity index (χ1n) is 12.0. The molecule has 3 aliphatic heterocycles. The molecular weight excluding hydrogens is 590 g/mol. The van der Waals surface area contributed by atoms with Gasteiger partial charge in [-0.15, -0.1) is 0 Å². The van der Waals surface area contributed by atoms with Crippen LogP contribution in [0.4, 0.5) is 17.1 Å². The van der Waals surface area contributed by atoms with Crippen molar-refractivity contribution in [3.8, 4) is 5.75 Å². The van der Waals surface area contributed by atoms with Crippen LogP contribution >= 0.6 is 27.5 Å². The number of rotatable bonds is 5. The van der Waals surface area contributed by atoms with Crippen LogP contribution in [0, 0.1) is 22.0 Å². The molecule has 4 atom stereocenters. The number of benzene rings is 3. The number of nitro groups is 1. The molecule has 196 valence electrons. The van der Waals surface area contributed by atoms with E-state index in [9.17, 15) is 24.5 Å². The first-order valence-corrected chi connectivity index (χ1v) is 13.1. The minimum atomic E-state index is -1.04. The molecule has 0 radical (unpaired) electrons. The summed E-state index contributed by atoms with van der Waals surface area (Å²) in [5.74, 6) is -3.32. The SMILES string of the molecule is COc1ccc([N+](=O)[O-])cc1N1C(=O)[C@@H]2[C@H](C1=O)[C@H](C(=O)c1ccc(Br)cc1)N1c3cc(Cl)ccc3C=C[C@@H]21. The van der Waals surface area contributed by atoms with Crippen LogP contribution in [-0.2, 0) is 9.59 Å². The highest BCUT2D eigenvalue weighted by Crippen LogP contribution is 2.51. The Labute approximate surface area is 235 Å². The largest absolute Gasteiger partial charge is 0.495 e. The summed E-state index contributed by atoms with van der Waals surface area (Å²) in [6.07, 6.45) is 3.67. The fourth-order valence-corrected chi connectivity index (χ4v) is 6.25. The van der Waals surface area contributed by atoms with Crippen molar-refractivity contribution in [1.29, 1.82) is 0 Å². The molecule has 0 aromatic heterocycles. The average molecular weight is 609 g/mol. The number of ketones is 1. The normalized spacial score (nSPS) is 22.9. The summed E-state index contributed by atoms with van der Waals surface area (Å²) in [6, 6.07) is 14.2. The first kappa shape index (κ1) is 25.3. The van der Waals surface area contributed by atoms with Gasteiger partial charge in [0.1, 0.15) is 17.5 Å². The number of fused-ring (bicyclic) bond motifs is 5. The number of non-ortho nitro benzene ring substituents is 1. The zero-order valence-corrected chi connectivity index (χ0v) is 22.6. The lowest BCUT2D eigenvalue weighted by molar-refractivity contribution is -0.384. The number of imide groups is 1. The van der Waals surface area contributed by atoms with Gasteiger partial charge in [0, 0.05) is 32.9 Å². The van der Waals surface area contributed by atoms with Gasteiger partial charge in [0.15, 0.2) is 5.78 Å². The number of carbonyl (C=O) groups excluding carboxylic acids is 3. The molecule has 0 N–H and O–H groups in total. The molecule has 39 heavy (non-hydrogen) atoms. The van der Waals surface area contributed by atoms with Gasteiger partial charge >= 0.3 is 0 Å². The van der Waals surface area contributed by atoms with Crippen molar-refractivity contribution in [1.82, 2.24) is 0 Å². The lowest BCUT2D eigenvalue weighted by atomic mass is 9.86. The molecule has 0 saturated carbocycles.